The van der Waals surface area contributed by atoms with Gasteiger partial charge in [-0.15, -0.1) is 0 Å². The highest BCUT2D eigenvalue weighted by molar-refractivity contribution is 6.76. The Morgan fingerprint density at radius 1 is 1.02 bits per heavy atom. The molecule has 0 saturated heterocycles. The van der Waals surface area contributed by atoms with Gasteiger partial charge in [-0.25, -0.2) is 9.48 Å². The van der Waals surface area contributed by atoms with Crippen molar-refractivity contribution >= 4 is 36.0 Å². The molecule has 42 heavy (non-hydrogen) atoms. The highest BCUT2D eigenvalue weighted by Crippen LogP contribution is 2.42. The third-order valence-corrected chi connectivity index (χ3v) is 9.91. The number of carbonyl (C=O) groups is 1. The summed E-state index contributed by atoms with van der Waals surface area (Å²) in [6.07, 6.45) is 3.16. The summed E-state index contributed by atoms with van der Waals surface area (Å²) in [5, 5.41) is 17.9. The molecule has 0 atom stereocenters. The molecule has 9 heteroatoms. The summed E-state index contributed by atoms with van der Waals surface area (Å²) in [4.78, 5) is 25.6. The maximum atomic E-state index is 14.2. The van der Waals surface area contributed by atoms with Crippen LogP contribution in [0, 0.1) is 0 Å². The van der Waals surface area contributed by atoms with Gasteiger partial charge in [-0.1, -0.05) is 74.2 Å². The fourth-order valence-electron chi connectivity index (χ4n) is 5.67. The number of nitrogens with one attached hydrogen (secondary N) is 1. The zero-order valence-electron chi connectivity index (χ0n) is 24.1. The van der Waals surface area contributed by atoms with Crippen LogP contribution in [-0.4, -0.2) is 35.7 Å². The van der Waals surface area contributed by atoms with E-state index in [2.05, 4.69) is 30.1 Å². The van der Waals surface area contributed by atoms with Crippen LogP contribution in [0.2, 0.25) is 25.7 Å². The molecule has 1 fully saturated rings. The van der Waals surface area contributed by atoms with E-state index in [1.807, 2.05) is 60.7 Å². The van der Waals surface area contributed by atoms with Gasteiger partial charge in [0.25, 0.3) is 0 Å². The summed E-state index contributed by atoms with van der Waals surface area (Å²) < 4.78 is 14.4. The van der Waals surface area contributed by atoms with Crippen molar-refractivity contribution in [3.63, 3.8) is 0 Å². The number of ether oxygens (including phenoxy) is 1. The monoisotopic (exact) mass is 581 g/mol. The van der Waals surface area contributed by atoms with Crippen molar-refractivity contribution in [1.82, 2.24) is 15.1 Å². The second kappa shape index (κ2) is 10.9. The molecule has 0 unspecified atom stereocenters. The van der Waals surface area contributed by atoms with E-state index in [0.29, 0.717) is 41.2 Å². The fraction of sp³-hybridized carbons (Fsp3) is 0.303. The fourth-order valence-corrected chi connectivity index (χ4v) is 6.43. The Kier molecular flexibility index (Phi) is 7.24. The van der Waals surface area contributed by atoms with Crippen LogP contribution in [-0.2, 0) is 17.0 Å². The van der Waals surface area contributed by atoms with Gasteiger partial charge in [0.2, 0.25) is 5.43 Å². The van der Waals surface area contributed by atoms with E-state index < -0.39 is 19.7 Å². The molecule has 2 N–H and O–H groups in total. The molecule has 1 saturated carbocycles. The SMILES string of the molecule is C[Si](C)(C)CCOCn1ncc2c3oc(-c4ccccc4)c(-c4ccc(C5(NC(=O)O)CCC5)cc4)c(=O)c3ccc21. The molecule has 0 bridgehead atoms. The molecule has 216 valence electrons. The second-order valence-electron chi connectivity index (χ2n) is 12.3. The van der Waals surface area contributed by atoms with Gasteiger partial charge in [-0.3, -0.25) is 4.79 Å². The standard InChI is InChI=1S/C33H35N3O5Si/c1-42(2,3)19-18-40-21-36-27-15-14-25-29(37)28(22-10-12-24(13-11-22)33(16-7-17-33)35-32(38)39)30(23-8-5-4-6-9-23)41-31(25)26(27)20-34-36/h4-6,8-15,20,35H,7,16-19,21H2,1-3H3,(H,38,39). The molecule has 8 nitrogen and oxygen atoms in total. The van der Waals surface area contributed by atoms with Gasteiger partial charge >= 0.3 is 6.09 Å². The molecule has 5 aromatic rings. The number of aromatic nitrogens is 2. The molecule has 0 radical (unpaired) electrons. The first-order valence-electron chi connectivity index (χ1n) is 14.4. The topological polar surface area (TPSA) is 107 Å². The summed E-state index contributed by atoms with van der Waals surface area (Å²) in [5.74, 6) is 0.481. The summed E-state index contributed by atoms with van der Waals surface area (Å²) in [5.41, 5.74) is 3.48. The van der Waals surface area contributed by atoms with Crippen LogP contribution >= 0.6 is 0 Å². The van der Waals surface area contributed by atoms with E-state index in [1.54, 1.807) is 16.9 Å². The maximum Gasteiger partial charge on any atom is 0.405 e. The predicted molar refractivity (Wildman–Crippen MR) is 167 cm³/mol. The lowest BCUT2D eigenvalue weighted by atomic mass is 9.71. The normalized spacial score (nSPS) is 14.6. The van der Waals surface area contributed by atoms with E-state index in [0.717, 1.165) is 47.3 Å². The Morgan fingerprint density at radius 2 is 1.76 bits per heavy atom. The number of amides is 1. The third kappa shape index (κ3) is 5.25. The van der Waals surface area contributed by atoms with Crippen molar-refractivity contribution in [3.8, 4) is 22.5 Å². The quantitative estimate of drug-likeness (QED) is 0.138. The summed E-state index contributed by atoms with van der Waals surface area (Å²) in [6, 6.07) is 22.0. The average molecular weight is 582 g/mol. The Labute approximate surface area is 244 Å². The number of hydrogen-bond acceptors (Lipinski definition) is 5. The van der Waals surface area contributed by atoms with E-state index in [9.17, 15) is 14.7 Å². The molecule has 3 aromatic carbocycles. The van der Waals surface area contributed by atoms with Crippen LogP contribution in [0.1, 0.15) is 24.8 Å². The maximum absolute atomic E-state index is 14.2. The third-order valence-electron chi connectivity index (χ3n) is 8.21. The molecule has 1 aliphatic rings. The summed E-state index contributed by atoms with van der Waals surface area (Å²) >= 11 is 0. The number of fused-ring (bicyclic) bond motifs is 3. The van der Waals surface area contributed by atoms with Crippen molar-refractivity contribution in [2.24, 2.45) is 0 Å². The lowest BCUT2D eigenvalue weighted by Crippen LogP contribution is -2.50. The van der Waals surface area contributed by atoms with Crippen molar-refractivity contribution in [1.29, 1.82) is 0 Å². The van der Waals surface area contributed by atoms with Gasteiger partial charge in [-0.05, 0) is 48.6 Å². The molecule has 2 aromatic heterocycles. The summed E-state index contributed by atoms with van der Waals surface area (Å²) in [6.45, 7) is 7.98. The molecule has 1 amide bonds. The van der Waals surface area contributed by atoms with E-state index in [-0.39, 0.29) is 5.43 Å². The molecule has 6 rings (SSSR count). The largest absolute Gasteiger partial charge is 0.465 e. The lowest BCUT2D eigenvalue weighted by molar-refractivity contribution is 0.0817. The zero-order valence-corrected chi connectivity index (χ0v) is 25.1. The van der Waals surface area contributed by atoms with E-state index >= 15 is 0 Å². The molecule has 0 aliphatic heterocycles. The van der Waals surface area contributed by atoms with Crippen LogP contribution in [0.3, 0.4) is 0 Å². The first-order valence-corrected chi connectivity index (χ1v) is 18.1. The number of nitrogens with zero attached hydrogens (tertiary/aromatic N) is 2. The van der Waals surface area contributed by atoms with Crippen LogP contribution < -0.4 is 10.7 Å². The first-order chi connectivity index (χ1) is 20.2. The number of hydrogen-bond donors (Lipinski definition) is 2. The van der Waals surface area contributed by atoms with Crippen molar-refractivity contribution in [2.75, 3.05) is 6.61 Å². The Hall–Kier alpha value is -4.21. The molecule has 2 heterocycles. The van der Waals surface area contributed by atoms with Gasteiger partial charge in [-0.2, -0.15) is 5.10 Å². The van der Waals surface area contributed by atoms with Gasteiger partial charge in [0.1, 0.15) is 18.1 Å². The van der Waals surface area contributed by atoms with Gasteiger partial charge in [0.05, 0.1) is 33.6 Å². The van der Waals surface area contributed by atoms with Crippen molar-refractivity contribution in [3.05, 3.63) is 88.7 Å². The Balaban J connectivity index is 1.43. The van der Waals surface area contributed by atoms with Crippen LogP contribution in [0.4, 0.5) is 4.79 Å². The zero-order chi connectivity index (χ0) is 29.5. The van der Waals surface area contributed by atoms with Crippen LogP contribution in [0.15, 0.2) is 82.1 Å². The minimum Gasteiger partial charge on any atom is -0.465 e. The second-order valence-corrected chi connectivity index (χ2v) is 17.9. The predicted octanol–water partition coefficient (Wildman–Crippen LogP) is 7.44. The van der Waals surface area contributed by atoms with Gasteiger partial charge < -0.3 is 19.6 Å². The highest BCUT2D eigenvalue weighted by Gasteiger charge is 2.40. The summed E-state index contributed by atoms with van der Waals surface area (Å²) in [7, 11) is -1.20. The minimum atomic E-state index is -1.20. The highest BCUT2D eigenvalue weighted by atomic mass is 28.3. The van der Waals surface area contributed by atoms with Crippen molar-refractivity contribution < 1.29 is 19.1 Å². The number of rotatable bonds is 9. The molecule has 0 spiro atoms. The number of benzene rings is 3. The first kappa shape index (κ1) is 27.9. The van der Waals surface area contributed by atoms with Crippen molar-refractivity contribution in [2.45, 2.75) is 57.2 Å². The number of carboxylic acid groups (broad SMARTS) is 1. The smallest absolute Gasteiger partial charge is 0.405 e. The minimum absolute atomic E-state index is 0.133. The van der Waals surface area contributed by atoms with E-state index in [1.165, 1.54) is 0 Å². The van der Waals surface area contributed by atoms with Gasteiger partial charge in [0, 0.05) is 20.2 Å². The van der Waals surface area contributed by atoms with Crippen LogP contribution in [0.5, 0.6) is 0 Å². The van der Waals surface area contributed by atoms with Crippen LogP contribution in [0.25, 0.3) is 44.3 Å². The van der Waals surface area contributed by atoms with Gasteiger partial charge in [0.15, 0.2) is 0 Å². The Morgan fingerprint density at radius 3 is 2.40 bits per heavy atom. The lowest BCUT2D eigenvalue weighted by Gasteiger charge is -2.42. The average Bonchev–Trinajstić information content (AvgIpc) is 3.36. The molecular formula is C33H35N3O5Si. The molecule has 1 aliphatic carbocycles. The molecular weight excluding hydrogens is 546 g/mol. The van der Waals surface area contributed by atoms with E-state index in [4.69, 9.17) is 9.15 Å². The Bertz CT molecular complexity index is 1820.